The molecule has 3 nitrogen and oxygen atoms in total. The zero-order valence-electron chi connectivity index (χ0n) is 5.00. The molecule has 0 radical (unpaired) electrons. The molecule has 1 aliphatic rings. The molecule has 1 heterocycles. The number of nitrogens with one attached hydrogen (secondary N) is 1. The summed E-state index contributed by atoms with van der Waals surface area (Å²) in [4.78, 5) is 3.36. The molecule has 1 aliphatic heterocycles. The summed E-state index contributed by atoms with van der Waals surface area (Å²) in [5.41, 5.74) is 0. The van der Waals surface area contributed by atoms with Gasteiger partial charge in [0.2, 0.25) is 0 Å². The number of halogens is 1. The summed E-state index contributed by atoms with van der Waals surface area (Å²) >= 11 is 0. The second-order valence-electron chi connectivity index (χ2n) is 1.80. The van der Waals surface area contributed by atoms with Crippen LogP contribution in [-0.4, -0.2) is 12.1 Å². The molecule has 1 rings (SSSR count). The molecule has 50 valence electrons. The van der Waals surface area contributed by atoms with Crippen molar-refractivity contribution in [3.63, 3.8) is 0 Å². The molecular weight excluding hydrogens is 133 g/mol. The van der Waals surface area contributed by atoms with Crippen molar-refractivity contribution in [2.75, 3.05) is 0 Å². The highest BCUT2D eigenvalue weighted by Crippen LogP contribution is 2.09. The van der Waals surface area contributed by atoms with Crippen molar-refractivity contribution in [2.45, 2.75) is 0 Å². The van der Waals surface area contributed by atoms with Crippen LogP contribution in [0.4, 0.5) is 4.39 Å². The maximum atomic E-state index is 12.3. The Bertz CT molecular complexity index is 259. The van der Waals surface area contributed by atoms with Gasteiger partial charge in [-0.1, -0.05) is 0 Å². The van der Waals surface area contributed by atoms with Crippen molar-refractivity contribution >= 4 is 12.1 Å². The monoisotopic (exact) mass is 137 g/mol. The summed E-state index contributed by atoms with van der Waals surface area (Å²) in [7, 11) is 0. The molecule has 10 heavy (non-hydrogen) atoms. The minimum atomic E-state index is -0.815. The van der Waals surface area contributed by atoms with Crippen LogP contribution in [0, 0.1) is 22.7 Å². The predicted octanol–water partition coefficient (Wildman–Crippen LogP) is 1.04. The maximum absolute atomic E-state index is 12.3. The standard InChI is InChI=1S/C6H4FN3/c7-5-1-4(2-8)6(9)10-3-5/h1,3-4,9H. The van der Waals surface area contributed by atoms with E-state index in [9.17, 15) is 4.39 Å². The van der Waals surface area contributed by atoms with Crippen molar-refractivity contribution in [3.8, 4) is 6.07 Å². The number of aliphatic imine (C=N–C) groups is 1. The van der Waals surface area contributed by atoms with E-state index < -0.39 is 11.7 Å². The molecule has 0 aromatic rings. The summed E-state index contributed by atoms with van der Waals surface area (Å²) < 4.78 is 12.3. The van der Waals surface area contributed by atoms with Crippen LogP contribution in [0.3, 0.4) is 0 Å². The van der Waals surface area contributed by atoms with Gasteiger partial charge in [-0.25, -0.2) is 9.38 Å². The van der Waals surface area contributed by atoms with Crippen molar-refractivity contribution in [2.24, 2.45) is 10.9 Å². The zero-order chi connectivity index (χ0) is 7.56. The van der Waals surface area contributed by atoms with E-state index in [1.165, 1.54) is 0 Å². The van der Waals surface area contributed by atoms with Gasteiger partial charge in [-0.2, -0.15) is 5.26 Å². The van der Waals surface area contributed by atoms with E-state index in [0.29, 0.717) is 0 Å². The van der Waals surface area contributed by atoms with Gasteiger partial charge >= 0.3 is 0 Å². The lowest BCUT2D eigenvalue weighted by atomic mass is 10.1. The smallest absolute Gasteiger partial charge is 0.141 e. The van der Waals surface area contributed by atoms with Gasteiger partial charge in [0.1, 0.15) is 17.6 Å². The average Bonchev–Trinajstić information content (AvgIpc) is 1.94. The molecule has 0 spiro atoms. The fourth-order valence-corrected chi connectivity index (χ4v) is 0.591. The van der Waals surface area contributed by atoms with Crippen LogP contribution in [0.2, 0.25) is 0 Å². The second kappa shape index (κ2) is 2.40. The summed E-state index contributed by atoms with van der Waals surface area (Å²) in [6, 6.07) is 1.73. The van der Waals surface area contributed by atoms with Crippen molar-refractivity contribution < 1.29 is 4.39 Å². The predicted molar refractivity (Wildman–Crippen MR) is 34.5 cm³/mol. The number of allylic oxidation sites excluding steroid dienone is 1. The Labute approximate surface area is 57.0 Å². The molecule has 0 aromatic carbocycles. The highest BCUT2D eigenvalue weighted by atomic mass is 19.1. The van der Waals surface area contributed by atoms with Gasteiger partial charge in [-0.15, -0.1) is 0 Å². The van der Waals surface area contributed by atoms with Gasteiger partial charge in [0.05, 0.1) is 12.3 Å². The molecular formula is C6H4FN3. The molecule has 4 heteroatoms. The van der Waals surface area contributed by atoms with Gasteiger partial charge in [-0.05, 0) is 6.08 Å². The largest absolute Gasteiger partial charge is 0.285 e. The quantitative estimate of drug-likeness (QED) is 0.532. The number of nitriles is 1. The number of rotatable bonds is 0. The first-order valence-electron chi connectivity index (χ1n) is 2.63. The van der Waals surface area contributed by atoms with Crippen molar-refractivity contribution in [1.82, 2.24) is 0 Å². The van der Waals surface area contributed by atoms with Gasteiger partial charge in [0.15, 0.2) is 0 Å². The normalized spacial score (nSPS) is 23.8. The third kappa shape index (κ3) is 1.08. The molecule has 0 aliphatic carbocycles. The minimum absolute atomic E-state index is 0.107. The van der Waals surface area contributed by atoms with E-state index in [1.54, 1.807) is 6.07 Å². The lowest BCUT2D eigenvalue weighted by Crippen LogP contribution is -2.10. The first-order chi connectivity index (χ1) is 4.74. The summed E-state index contributed by atoms with van der Waals surface area (Å²) in [5.74, 6) is -1.48. The Hall–Kier alpha value is -1.50. The van der Waals surface area contributed by atoms with Crippen LogP contribution in [0.5, 0.6) is 0 Å². The van der Waals surface area contributed by atoms with Crippen molar-refractivity contribution in [3.05, 3.63) is 11.9 Å². The van der Waals surface area contributed by atoms with Gasteiger partial charge < -0.3 is 0 Å². The number of amidine groups is 1. The Morgan fingerprint density at radius 3 is 3.00 bits per heavy atom. The van der Waals surface area contributed by atoms with E-state index >= 15 is 0 Å². The molecule has 0 saturated heterocycles. The SMILES string of the molecule is N#CC1C=C(F)C=NC1=N. The van der Waals surface area contributed by atoms with Gasteiger partial charge in [-0.3, -0.25) is 5.41 Å². The number of hydrogen-bond donors (Lipinski definition) is 1. The molecule has 0 bridgehead atoms. The molecule has 1 N–H and O–H groups in total. The van der Waals surface area contributed by atoms with E-state index in [-0.39, 0.29) is 5.84 Å². The molecule has 0 fully saturated rings. The Morgan fingerprint density at radius 1 is 1.80 bits per heavy atom. The van der Waals surface area contributed by atoms with Crippen LogP contribution in [0.15, 0.2) is 16.9 Å². The van der Waals surface area contributed by atoms with Gasteiger partial charge in [0.25, 0.3) is 0 Å². The maximum Gasteiger partial charge on any atom is 0.141 e. The van der Waals surface area contributed by atoms with E-state index in [4.69, 9.17) is 10.7 Å². The highest BCUT2D eigenvalue weighted by Gasteiger charge is 2.14. The molecule has 0 aromatic heterocycles. The number of hydrogen-bond acceptors (Lipinski definition) is 2. The molecule has 1 atom stereocenters. The molecule has 0 saturated carbocycles. The topological polar surface area (TPSA) is 60.0 Å². The van der Waals surface area contributed by atoms with Crippen LogP contribution < -0.4 is 0 Å². The third-order valence-electron chi connectivity index (χ3n) is 1.09. The Kier molecular flexibility index (Phi) is 1.59. The summed E-state index contributed by atoms with van der Waals surface area (Å²) in [5, 5.41) is 15.3. The van der Waals surface area contributed by atoms with Crippen LogP contribution in [-0.2, 0) is 0 Å². The zero-order valence-corrected chi connectivity index (χ0v) is 5.00. The van der Waals surface area contributed by atoms with Crippen LogP contribution in [0.1, 0.15) is 0 Å². The summed E-state index contributed by atoms with van der Waals surface area (Å²) in [6.07, 6.45) is 1.99. The number of nitrogens with zero attached hydrogens (tertiary/aromatic N) is 2. The second-order valence-corrected chi connectivity index (χ2v) is 1.80. The Balaban J connectivity index is 2.90. The van der Waals surface area contributed by atoms with Crippen molar-refractivity contribution in [1.29, 1.82) is 10.7 Å². The van der Waals surface area contributed by atoms with Gasteiger partial charge in [0, 0.05) is 0 Å². The minimum Gasteiger partial charge on any atom is -0.285 e. The van der Waals surface area contributed by atoms with E-state index in [0.717, 1.165) is 12.3 Å². The van der Waals surface area contributed by atoms with E-state index in [1.807, 2.05) is 0 Å². The van der Waals surface area contributed by atoms with E-state index in [2.05, 4.69) is 4.99 Å². The Morgan fingerprint density at radius 2 is 2.50 bits per heavy atom. The average molecular weight is 137 g/mol. The van der Waals surface area contributed by atoms with Crippen LogP contribution in [0.25, 0.3) is 0 Å². The molecule has 0 amide bonds. The lowest BCUT2D eigenvalue weighted by Gasteiger charge is -2.03. The fraction of sp³-hybridized carbons (Fsp3) is 0.167. The first-order valence-corrected chi connectivity index (χ1v) is 2.63. The molecule has 1 unspecified atom stereocenters. The summed E-state index contributed by atoms with van der Waals surface area (Å²) in [6.45, 7) is 0. The highest BCUT2D eigenvalue weighted by molar-refractivity contribution is 5.98. The lowest BCUT2D eigenvalue weighted by molar-refractivity contribution is 0.675. The number of dihydropyridines is 1. The third-order valence-corrected chi connectivity index (χ3v) is 1.09. The van der Waals surface area contributed by atoms with Crippen LogP contribution >= 0.6 is 0 Å². The first kappa shape index (κ1) is 6.62. The fourth-order valence-electron chi connectivity index (χ4n) is 0.591.